The van der Waals surface area contributed by atoms with E-state index < -0.39 is 10.0 Å². The summed E-state index contributed by atoms with van der Waals surface area (Å²) in [6.45, 7) is 0. The zero-order chi connectivity index (χ0) is 21.0. The number of nitrogens with one attached hydrogen (secondary N) is 1. The van der Waals surface area contributed by atoms with Crippen molar-refractivity contribution in [3.8, 4) is 0 Å². The number of hydrogen-bond acceptors (Lipinski definition) is 5. The molecule has 2 aromatic carbocycles. The first-order valence-corrected chi connectivity index (χ1v) is 10.7. The van der Waals surface area contributed by atoms with Gasteiger partial charge in [0.05, 0.1) is 25.7 Å². The Morgan fingerprint density at radius 3 is 2.41 bits per heavy atom. The third-order valence-electron chi connectivity index (χ3n) is 4.47. The lowest BCUT2D eigenvalue weighted by Gasteiger charge is -2.20. The molecular formula is C21H20ClNO5S. The quantitative estimate of drug-likeness (QED) is 0.650. The molecule has 2 aromatic rings. The lowest BCUT2D eigenvalue weighted by molar-refractivity contribution is 0.103. The predicted octanol–water partition coefficient (Wildman–Crippen LogP) is 4.49. The van der Waals surface area contributed by atoms with E-state index in [9.17, 15) is 13.2 Å². The molecule has 29 heavy (non-hydrogen) atoms. The summed E-state index contributed by atoms with van der Waals surface area (Å²) in [4.78, 5) is 12.9. The van der Waals surface area contributed by atoms with Crippen molar-refractivity contribution in [3.63, 3.8) is 0 Å². The molecule has 0 spiro atoms. The van der Waals surface area contributed by atoms with Crippen LogP contribution >= 0.6 is 11.6 Å². The molecule has 0 aromatic heterocycles. The van der Waals surface area contributed by atoms with Crippen LogP contribution in [0.25, 0.3) is 0 Å². The number of rotatable bonds is 7. The Bertz CT molecular complexity index is 1090. The van der Waals surface area contributed by atoms with Gasteiger partial charge in [0.15, 0.2) is 5.78 Å². The van der Waals surface area contributed by atoms with Gasteiger partial charge in [-0.3, -0.25) is 9.52 Å². The number of hydrogen-bond donors (Lipinski definition) is 1. The average Bonchev–Trinajstić information content (AvgIpc) is 2.74. The Balaban J connectivity index is 2.03. The third-order valence-corrected chi connectivity index (χ3v) is 6.12. The number of halogens is 1. The Kier molecular flexibility index (Phi) is 6.30. The van der Waals surface area contributed by atoms with Gasteiger partial charge < -0.3 is 9.47 Å². The number of ether oxygens (including phenoxy) is 2. The second-order valence-corrected chi connectivity index (χ2v) is 8.38. The highest BCUT2D eigenvalue weighted by Gasteiger charge is 2.27. The van der Waals surface area contributed by atoms with E-state index in [2.05, 4.69) is 4.72 Å². The minimum Gasteiger partial charge on any atom is -0.501 e. The summed E-state index contributed by atoms with van der Waals surface area (Å²) >= 11 is 6.07. The van der Waals surface area contributed by atoms with Crippen molar-refractivity contribution in [3.05, 3.63) is 87.2 Å². The summed E-state index contributed by atoms with van der Waals surface area (Å²) in [7, 11) is -1.14. The number of carbonyl (C=O) groups is 1. The molecule has 1 aliphatic rings. The van der Waals surface area contributed by atoms with E-state index >= 15 is 0 Å². The van der Waals surface area contributed by atoms with Crippen LogP contribution in [0.5, 0.6) is 0 Å². The van der Waals surface area contributed by atoms with Crippen LogP contribution in [-0.4, -0.2) is 28.4 Å². The first kappa shape index (κ1) is 21.0. The van der Waals surface area contributed by atoms with E-state index in [-0.39, 0.29) is 21.9 Å². The van der Waals surface area contributed by atoms with E-state index in [0.29, 0.717) is 34.9 Å². The van der Waals surface area contributed by atoms with Crippen LogP contribution in [0.15, 0.2) is 71.0 Å². The summed E-state index contributed by atoms with van der Waals surface area (Å²) in [6.07, 6.45) is 2.36. The normalized spacial score (nSPS) is 14.2. The summed E-state index contributed by atoms with van der Waals surface area (Å²) in [5.74, 6) is 0.509. The van der Waals surface area contributed by atoms with Crippen LogP contribution in [0.3, 0.4) is 0 Å². The summed E-state index contributed by atoms with van der Waals surface area (Å²) in [5.41, 5.74) is 0.703. The highest BCUT2D eigenvalue weighted by Crippen LogP contribution is 2.31. The van der Waals surface area contributed by atoms with Crippen molar-refractivity contribution in [1.82, 2.24) is 0 Å². The largest absolute Gasteiger partial charge is 0.501 e. The van der Waals surface area contributed by atoms with Crippen molar-refractivity contribution >= 4 is 33.1 Å². The molecule has 1 N–H and O–H groups in total. The molecule has 6 nitrogen and oxygen atoms in total. The molecule has 0 atom stereocenters. The van der Waals surface area contributed by atoms with Gasteiger partial charge in [0.1, 0.15) is 10.7 Å². The van der Waals surface area contributed by atoms with Crippen LogP contribution in [0.4, 0.5) is 5.69 Å². The molecule has 0 fully saturated rings. The molecule has 0 heterocycles. The zero-order valence-electron chi connectivity index (χ0n) is 15.9. The number of ketones is 1. The fourth-order valence-electron chi connectivity index (χ4n) is 2.99. The molecule has 152 valence electrons. The highest BCUT2D eigenvalue weighted by atomic mass is 35.5. The maximum absolute atomic E-state index is 13.1. The van der Waals surface area contributed by atoms with Crippen molar-refractivity contribution < 1.29 is 22.7 Å². The number of carbonyl (C=O) groups excluding carboxylic acids is 1. The SMILES string of the molecule is COC1=CC(S(=O)(=O)Nc2ccc(Cl)cc2C(=O)c2ccccc2)=C(OC)CC1. The summed E-state index contributed by atoms with van der Waals surface area (Å²) < 4.78 is 39.1. The zero-order valence-corrected chi connectivity index (χ0v) is 17.5. The number of anilines is 1. The first-order chi connectivity index (χ1) is 13.9. The first-order valence-electron chi connectivity index (χ1n) is 8.79. The van der Waals surface area contributed by atoms with Crippen LogP contribution in [0.2, 0.25) is 5.02 Å². The second-order valence-electron chi connectivity index (χ2n) is 6.30. The molecule has 0 aliphatic heterocycles. The van der Waals surface area contributed by atoms with E-state index in [1.54, 1.807) is 30.3 Å². The van der Waals surface area contributed by atoms with Gasteiger partial charge in [-0.25, -0.2) is 8.42 Å². The molecule has 0 bridgehead atoms. The van der Waals surface area contributed by atoms with E-state index in [0.717, 1.165) is 0 Å². The van der Waals surface area contributed by atoms with Gasteiger partial charge in [-0.1, -0.05) is 41.9 Å². The highest BCUT2D eigenvalue weighted by molar-refractivity contribution is 7.96. The molecule has 1 aliphatic carbocycles. The lowest BCUT2D eigenvalue weighted by Crippen LogP contribution is -2.20. The van der Waals surface area contributed by atoms with Crippen molar-refractivity contribution in [1.29, 1.82) is 0 Å². The van der Waals surface area contributed by atoms with Crippen molar-refractivity contribution in [2.45, 2.75) is 12.8 Å². The van der Waals surface area contributed by atoms with Crippen molar-refractivity contribution in [2.75, 3.05) is 18.9 Å². The van der Waals surface area contributed by atoms with Crippen LogP contribution in [-0.2, 0) is 19.5 Å². The minimum atomic E-state index is -4.04. The Labute approximate surface area is 174 Å². The molecule has 8 heteroatoms. The molecule has 3 rings (SSSR count). The average molecular weight is 434 g/mol. The number of benzene rings is 2. The number of methoxy groups -OCH3 is 2. The molecule has 0 amide bonds. The topological polar surface area (TPSA) is 81.7 Å². The third kappa shape index (κ3) is 4.63. The Morgan fingerprint density at radius 1 is 1.03 bits per heavy atom. The maximum atomic E-state index is 13.1. The van der Waals surface area contributed by atoms with Gasteiger partial charge in [0.2, 0.25) is 0 Å². The fraction of sp³-hybridized carbons (Fsp3) is 0.190. The van der Waals surface area contributed by atoms with Gasteiger partial charge >= 0.3 is 0 Å². The minimum absolute atomic E-state index is 0.0313. The van der Waals surface area contributed by atoms with Gasteiger partial charge in [0.25, 0.3) is 10.0 Å². The van der Waals surface area contributed by atoms with E-state index in [1.807, 2.05) is 0 Å². The number of sulfonamides is 1. The van der Waals surface area contributed by atoms with E-state index in [4.69, 9.17) is 21.1 Å². The lowest BCUT2D eigenvalue weighted by atomic mass is 10.0. The van der Waals surface area contributed by atoms with Gasteiger partial charge in [-0.2, -0.15) is 0 Å². The van der Waals surface area contributed by atoms with Crippen molar-refractivity contribution in [2.24, 2.45) is 0 Å². The van der Waals surface area contributed by atoms with E-state index in [1.165, 1.54) is 38.5 Å². The van der Waals surface area contributed by atoms with Crippen LogP contribution in [0, 0.1) is 0 Å². The maximum Gasteiger partial charge on any atom is 0.265 e. The molecule has 0 unspecified atom stereocenters. The van der Waals surface area contributed by atoms with Gasteiger partial charge in [0, 0.05) is 29.0 Å². The Morgan fingerprint density at radius 2 is 1.76 bits per heavy atom. The summed E-state index contributed by atoms with van der Waals surface area (Å²) in [5, 5.41) is 0.322. The van der Waals surface area contributed by atoms with Gasteiger partial charge in [-0.05, 0) is 24.3 Å². The van der Waals surface area contributed by atoms with Crippen LogP contribution < -0.4 is 4.72 Å². The predicted molar refractivity (Wildman–Crippen MR) is 112 cm³/mol. The summed E-state index contributed by atoms with van der Waals surface area (Å²) in [6, 6.07) is 13.0. The monoisotopic (exact) mass is 433 g/mol. The number of allylic oxidation sites excluding steroid dienone is 3. The molecule has 0 radical (unpaired) electrons. The Hall–Kier alpha value is -2.77. The molecule has 0 saturated heterocycles. The van der Waals surface area contributed by atoms with Gasteiger partial charge in [-0.15, -0.1) is 0 Å². The molecule has 0 saturated carbocycles. The molecular weight excluding hydrogens is 414 g/mol. The standard InChI is InChI=1S/C21H20ClNO5S/c1-27-16-9-11-19(28-2)20(13-16)29(25,26)23-18-10-8-15(22)12-17(18)21(24)14-6-4-3-5-7-14/h3-8,10,12-13,23H,9,11H2,1-2H3. The van der Waals surface area contributed by atoms with Crippen LogP contribution in [0.1, 0.15) is 28.8 Å². The smallest absolute Gasteiger partial charge is 0.265 e. The fourth-order valence-corrected chi connectivity index (χ4v) is 4.51. The second kappa shape index (κ2) is 8.71.